The number of hydrogen-bond donors (Lipinski definition) is 1. The van der Waals surface area contributed by atoms with Crippen molar-refractivity contribution in [2.45, 2.75) is 18.6 Å². The van der Waals surface area contributed by atoms with Gasteiger partial charge < -0.3 is 5.73 Å². The normalized spacial score (nSPS) is 14.1. The Bertz CT molecular complexity index is 294. The van der Waals surface area contributed by atoms with Crippen LogP contribution in [-0.4, -0.2) is 12.2 Å². The second-order valence-electron chi connectivity index (χ2n) is 2.98. The van der Waals surface area contributed by atoms with Crippen LogP contribution in [0.15, 0.2) is 28.7 Å². The van der Waals surface area contributed by atoms with E-state index >= 15 is 0 Å². The Morgan fingerprint density at radius 3 is 2.14 bits per heavy atom. The summed E-state index contributed by atoms with van der Waals surface area (Å²) in [6, 6.07) is 4.84. The van der Waals surface area contributed by atoms with Gasteiger partial charge in [-0.15, -0.1) is 0 Å². The summed E-state index contributed by atoms with van der Waals surface area (Å²) in [5.74, 6) is 0. The zero-order valence-corrected chi connectivity index (χ0v) is 8.77. The summed E-state index contributed by atoms with van der Waals surface area (Å²) in [5, 5.41) is 0. The first-order chi connectivity index (χ1) is 6.39. The Morgan fingerprint density at radius 2 is 1.71 bits per heavy atom. The highest BCUT2D eigenvalue weighted by atomic mass is 79.9. The van der Waals surface area contributed by atoms with Gasteiger partial charge in [0.25, 0.3) is 0 Å². The van der Waals surface area contributed by atoms with Gasteiger partial charge in [-0.1, -0.05) is 28.1 Å². The monoisotopic (exact) mass is 267 g/mol. The van der Waals surface area contributed by atoms with Crippen molar-refractivity contribution >= 4 is 15.9 Å². The van der Waals surface area contributed by atoms with Crippen LogP contribution in [0.2, 0.25) is 0 Å². The number of rotatable bonds is 2. The van der Waals surface area contributed by atoms with Crippen molar-refractivity contribution < 1.29 is 13.2 Å². The zero-order valence-electron chi connectivity index (χ0n) is 7.18. The topological polar surface area (TPSA) is 26.0 Å². The van der Waals surface area contributed by atoms with Crippen molar-refractivity contribution in [3.8, 4) is 0 Å². The van der Waals surface area contributed by atoms with Gasteiger partial charge in [-0.25, -0.2) is 0 Å². The van der Waals surface area contributed by atoms with Gasteiger partial charge in [0, 0.05) is 4.47 Å². The minimum Gasteiger partial charge on any atom is -0.320 e. The molecule has 0 bridgehead atoms. The summed E-state index contributed by atoms with van der Waals surface area (Å²) in [5.41, 5.74) is 5.57. The van der Waals surface area contributed by atoms with Crippen LogP contribution in [-0.2, 0) is 6.42 Å². The van der Waals surface area contributed by atoms with E-state index in [2.05, 4.69) is 15.9 Å². The minimum absolute atomic E-state index is 0.184. The van der Waals surface area contributed by atoms with Crippen LogP contribution in [0.4, 0.5) is 13.2 Å². The standard InChI is InChI=1S/C9H9BrF3N/c10-7-3-1-6(2-4-7)5-8(14)9(11,12)13/h1-4,8H,5,14H2. The molecule has 0 amide bonds. The second kappa shape index (κ2) is 4.31. The van der Waals surface area contributed by atoms with Crippen molar-refractivity contribution in [3.63, 3.8) is 0 Å². The Hall–Kier alpha value is -0.550. The minimum atomic E-state index is -4.33. The zero-order chi connectivity index (χ0) is 10.8. The molecule has 0 heterocycles. The molecule has 0 aromatic heterocycles. The summed E-state index contributed by atoms with van der Waals surface area (Å²) in [6.07, 6.45) is -4.51. The molecule has 14 heavy (non-hydrogen) atoms. The van der Waals surface area contributed by atoms with Crippen LogP contribution >= 0.6 is 15.9 Å². The third-order valence-corrected chi connectivity index (χ3v) is 2.32. The maximum Gasteiger partial charge on any atom is 0.403 e. The first-order valence-electron chi connectivity index (χ1n) is 3.96. The maximum atomic E-state index is 12.1. The van der Waals surface area contributed by atoms with E-state index in [1.807, 2.05) is 0 Å². The van der Waals surface area contributed by atoms with Crippen LogP contribution in [0.1, 0.15) is 5.56 Å². The second-order valence-corrected chi connectivity index (χ2v) is 3.89. The molecule has 0 spiro atoms. The van der Waals surface area contributed by atoms with Crippen LogP contribution in [0.5, 0.6) is 0 Å². The Morgan fingerprint density at radius 1 is 1.21 bits per heavy atom. The fourth-order valence-corrected chi connectivity index (χ4v) is 1.25. The predicted octanol–water partition coefficient (Wildman–Crippen LogP) is 2.88. The molecule has 0 saturated heterocycles. The molecule has 5 heteroatoms. The first-order valence-corrected chi connectivity index (χ1v) is 4.75. The summed E-state index contributed by atoms with van der Waals surface area (Å²) in [7, 11) is 0. The van der Waals surface area contributed by atoms with E-state index in [4.69, 9.17) is 5.73 Å². The van der Waals surface area contributed by atoms with Gasteiger partial charge in [0.05, 0.1) is 0 Å². The molecule has 78 valence electrons. The van der Waals surface area contributed by atoms with E-state index in [9.17, 15) is 13.2 Å². The molecule has 1 atom stereocenters. The molecule has 1 rings (SSSR count). The summed E-state index contributed by atoms with van der Waals surface area (Å²) >= 11 is 3.20. The molecule has 0 aliphatic carbocycles. The summed E-state index contributed by atoms with van der Waals surface area (Å²) in [4.78, 5) is 0. The molecule has 0 radical (unpaired) electrons. The third-order valence-electron chi connectivity index (χ3n) is 1.79. The summed E-state index contributed by atoms with van der Waals surface area (Å²) < 4.78 is 37.1. The number of halogens is 4. The molecule has 1 aromatic carbocycles. The molecule has 0 aliphatic rings. The van der Waals surface area contributed by atoms with Crippen molar-refractivity contribution in [1.82, 2.24) is 0 Å². The number of nitrogens with two attached hydrogens (primary N) is 1. The fraction of sp³-hybridized carbons (Fsp3) is 0.333. The van der Waals surface area contributed by atoms with Crippen LogP contribution in [0.3, 0.4) is 0 Å². The Labute approximate surface area is 88.2 Å². The molecule has 1 unspecified atom stereocenters. The van der Waals surface area contributed by atoms with Crippen molar-refractivity contribution in [2.75, 3.05) is 0 Å². The molecule has 0 fully saturated rings. The smallest absolute Gasteiger partial charge is 0.320 e. The molecular formula is C9H9BrF3N. The van der Waals surface area contributed by atoms with E-state index in [0.29, 0.717) is 5.56 Å². The van der Waals surface area contributed by atoms with Gasteiger partial charge in [-0.2, -0.15) is 13.2 Å². The lowest BCUT2D eigenvalue weighted by molar-refractivity contribution is -0.147. The maximum absolute atomic E-state index is 12.1. The molecule has 0 aliphatic heterocycles. The number of hydrogen-bond acceptors (Lipinski definition) is 1. The molecule has 2 N–H and O–H groups in total. The van der Waals surface area contributed by atoms with Gasteiger partial charge in [-0.3, -0.25) is 0 Å². The van der Waals surface area contributed by atoms with Crippen LogP contribution in [0, 0.1) is 0 Å². The number of alkyl halides is 3. The molecular weight excluding hydrogens is 259 g/mol. The summed E-state index contributed by atoms with van der Waals surface area (Å²) in [6.45, 7) is 0. The van der Waals surface area contributed by atoms with Gasteiger partial charge in [0.2, 0.25) is 0 Å². The SMILES string of the molecule is NC(Cc1ccc(Br)cc1)C(F)(F)F. The lowest BCUT2D eigenvalue weighted by Gasteiger charge is -2.15. The largest absolute Gasteiger partial charge is 0.403 e. The average Bonchev–Trinajstić information content (AvgIpc) is 2.07. The molecule has 1 aromatic rings. The average molecular weight is 268 g/mol. The lowest BCUT2D eigenvalue weighted by Crippen LogP contribution is -2.39. The van der Waals surface area contributed by atoms with E-state index in [-0.39, 0.29) is 6.42 Å². The van der Waals surface area contributed by atoms with Crippen molar-refractivity contribution in [1.29, 1.82) is 0 Å². The van der Waals surface area contributed by atoms with E-state index in [1.54, 1.807) is 24.3 Å². The number of benzene rings is 1. The highest BCUT2D eigenvalue weighted by Gasteiger charge is 2.36. The van der Waals surface area contributed by atoms with Crippen molar-refractivity contribution in [3.05, 3.63) is 34.3 Å². The first kappa shape index (κ1) is 11.5. The van der Waals surface area contributed by atoms with Gasteiger partial charge >= 0.3 is 6.18 Å². The highest BCUT2D eigenvalue weighted by Crippen LogP contribution is 2.22. The van der Waals surface area contributed by atoms with Gasteiger partial charge in [0.1, 0.15) is 6.04 Å². The van der Waals surface area contributed by atoms with Gasteiger partial charge in [0.15, 0.2) is 0 Å². The Balaban J connectivity index is 2.65. The van der Waals surface area contributed by atoms with E-state index < -0.39 is 12.2 Å². The predicted molar refractivity (Wildman–Crippen MR) is 51.9 cm³/mol. The highest BCUT2D eigenvalue weighted by molar-refractivity contribution is 9.10. The van der Waals surface area contributed by atoms with Crippen LogP contribution in [0.25, 0.3) is 0 Å². The molecule has 1 nitrogen and oxygen atoms in total. The van der Waals surface area contributed by atoms with E-state index in [0.717, 1.165) is 4.47 Å². The van der Waals surface area contributed by atoms with Crippen LogP contribution < -0.4 is 5.73 Å². The van der Waals surface area contributed by atoms with Gasteiger partial charge in [-0.05, 0) is 24.1 Å². The van der Waals surface area contributed by atoms with E-state index in [1.165, 1.54) is 0 Å². The Kier molecular flexibility index (Phi) is 3.55. The molecule has 0 saturated carbocycles. The fourth-order valence-electron chi connectivity index (χ4n) is 0.990. The lowest BCUT2D eigenvalue weighted by atomic mass is 10.1. The third kappa shape index (κ3) is 3.31. The van der Waals surface area contributed by atoms with Crippen molar-refractivity contribution in [2.24, 2.45) is 5.73 Å². The quantitative estimate of drug-likeness (QED) is 0.876.